The van der Waals surface area contributed by atoms with E-state index in [1.807, 2.05) is 25.1 Å². The van der Waals surface area contributed by atoms with E-state index < -0.39 is 0 Å². The lowest BCUT2D eigenvalue weighted by Crippen LogP contribution is -2.51. The number of piperazine rings is 1. The molecule has 1 heterocycles. The van der Waals surface area contributed by atoms with Gasteiger partial charge in [0.25, 0.3) is 0 Å². The second-order valence-corrected chi connectivity index (χ2v) is 7.89. The Kier molecular flexibility index (Phi) is 7.23. The van der Waals surface area contributed by atoms with Crippen molar-refractivity contribution in [2.45, 2.75) is 27.2 Å². The van der Waals surface area contributed by atoms with Gasteiger partial charge in [-0.25, -0.2) is 0 Å². The third-order valence-electron chi connectivity index (χ3n) is 5.55. The number of hydrogen-bond acceptors (Lipinski definition) is 3. The molecule has 2 aromatic carbocycles. The van der Waals surface area contributed by atoms with Crippen molar-refractivity contribution in [3.8, 4) is 0 Å². The normalized spacial score (nSPS) is 14.5. The van der Waals surface area contributed by atoms with Gasteiger partial charge in [-0.3, -0.25) is 9.69 Å². The molecule has 5 nitrogen and oxygen atoms in total. The number of nitrogens with one attached hydrogen (secondary N) is 2. The summed E-state index contributed by atoms with van der Waals surface area (Å²) in [6.45, 7) is 9.91. The zero-order chi connectivity index (χ0) is 20.8. The van der Waals surface area contributed by atoms with Crippen molar-refractivity contribution in [3.63, 3.8) is 0 Å². The smallest absolute Gasteiger partial charge is 0.238 e. The molecule has 2 aromatic rings. The second-order valence-electron chi connectivity index (χ2n) is 7.50. The van der Waals surface area contributed by atoms with E-state index in [0.717, 1.165) is 54.7 Å². The monoisotopic (exact) mass is 410 g/mol. The van der Waals surface area contributed by atoms with Gasteiger partial charge in [-0.05, 0) is 61.3 Å². The van der Waals surface area contributed by atoms with Crippen LogP contribution in [-0.4, -0.2) is 53.5 Å². The summed E-state index contributed by atoms with van der Waals surface area (Å²) in [4.78, 5) is 16.8. The average molecular weight is 411 g/mol. The molecule has 0 saturated carbocycles. The van der Waals surface area contributed by atoms with Crippen molar-refractivity contribution < 1.29 is 4.79 Å². The van der Waals surface area contributed by atoms with Crippen LogP contribution in [0.15, 0.2) is 42.5 Å². The van der Waals surface area contributed by atoms with Crippen molar-refractivity contribution in [1.82, 2.24) is 9.80 Å². The van der Waals surface area contributed by atoms with E-state index in [0.29, 0.717) is 6.54 Å². The minimum atomic E-state index is 0.0322. The molecule has 0 bridgehead atoms. The Balaban J connectivity index is 1.48. The number of rotatable bonds is 5. The van der Waals surface area contributed by atoms with E-state index in [9.17, 15) is 4.79 Å². The topological polar surface area (TPSA) is 47.6 Å². The highest BCUT2D eigenvalue weighted by atomic mass is 32.1. The molecule has 1 fully saturated rings. The number of thiocarbonyl (C=S) groups is 1. The summed E-state index contributed by atoms with van der Waals surface area (Å²) >= 11 is 5.62. The number of carbonyl (C=O) groups is 1. The SMILES string of the molecule is CCc1ccccc1NC(=S)N1CCN(CC(=O)Nc2cccc(C)c2C)CC1. The van der Waals surface area contributed by atoms with Gasteiger partial charge in [0.05, 0.1) is 6.54 Å². The molecule has 2 N–H and O–H groups in total. The van der Waals surface area contributed by atoms with Gasteiger partial charge in [0.2, 0.25) is 5.91 Å². The lowest BCUT2D eigenvalue weighted by Gasteiger charge is -2.36. The molecule has 0 atom stereocenters. The van der Waals surface area contributed by atoms with Gasteiger partial charge in [-0.1, -0.05) is 37.3 Å². The first-order valence-corrected chi connectivity index (χ1v) is 10.6. The minimum Gasteiger partial charge on any atom is -0.346 e. The van der Waals surface area contributed by atoms with E-state index in [4.69, 9.17) is 12.2 Å². The Hall–Kier alpha value is -2.44. The predicted octanol–water partition coefficient (Wildman–Crippen LogP) is 3.82. The van der Waals surface area contributed by atoms with E-state index in [2.05, 4.69) is 58.5 Å². The van der Waals surface area contributed by atoms with Crippen LogP contribution < -0.4 is 10.6 Å². The fraction of sp³-hybridized carbons (Fsp3) is 0.391. The minimum absolute atomic E-state index is 0.0322. The van der Waals surface area contributed by atoms with Crippen LogP contribution in [0.25, 0.3) is 0 Å². The second kappa shape index (κ2) is 9.85. The average Bonchev–Trinajstić information content (AvgIpc) is 2.72. The van der Waals surface area contributed by atoms with Crippen LogP contribution in [0.2, 0.25) is 0 Å². The van der Waals surface area contributed by atoms with E-state index in [1.165, 1.54) is 11.1 Å². The molecule has 1 amide bonds. The van der Waals surface area contributed by atoms with E-state index in [1.54, 1.807) is 0 Å². The molecule has 0 aliphatic carbocycles. The predicted molar refractivity (Wildman–Crippen MR) is 125 cm³/mol. The molecule has 1 aliphatic heterocycles. The number of anilines is 2. The van der Waals surface area contributed by atoms with Crippen molar-refractivity contribution in [2.75, 3.05) is 43.4 Å². The third-order valence-corrected chi connectivity index (χ3v) is 5.91. The summed E-state index contributed by atoms with van der Waals surface area (Å²) < 4.78 is 0. The van der Waals surface area contributed by atoms with E-state index >= 15 is 0 Å². The highest BCUT2D eigenvalue weighted by Gasteiger charge is 2.21. The van der Waals surface area contributed by atoms with Gasteiger partial charge in [0.15, 0.2) is 5.11 Å². The lowest BCUT2D eigenvalue weighted by molar-refractivity contribution is -0.117. The van der Waals surface area contributed by atoms with E-state index in [-0.39, 0.29) is 5.91 Å². The Morgan fingerprint density at radius 2 is 1.66 bits per heavy atom. The summed E-state index contributed by atoms with van der Waals surface area (Å²) in [7, 11) is 0. The van der Waals surface area contributed by atoms with Gasteiger partial charge >= 0.3 is 0 Å². The first kappa shape index (κ1) is 21.3. The third kappa shape index (κ3) is 5.55. The molecule has 6 heteroatoms. The van der Waals surface area contributed by atoms with Crippen molar-refractivity contribution in [3.05, 3.63) is 59.2 Å². The molecule has 154 valence electrons. The lowest BCUT2D eigenvalue weighted by atomic mass is 10.1. The maximum atomic E-state index is 12.5. The molecule has 0 unspecified atom stereocenters. The number of nitrogens with zero attached hydrogens (tertiary/aromatic N) is 2. The quantitative estimate of drug-likeness (QED) is 0.734. The van der Waals surface area contributed by atoms with Gasteiger partial charge in [0.1, 0.15) is 0 Å². The van der Waals surface area contributed by atoms with Gasteiger partial charge in [0, 0.05) is 37.6 Å². The summed E-state index contributed by atoms with van der Waals surface area (Å²) in [6, 6.07) is 14.2. The Bertz CT molecular complexity index is 875. The van der Waals surface area contributed by atoms with Crippen LogP contribution in [-0.2, 0) is 11.2 Å². The summed E-state index contributed by atoms with van der Waals surface area (Å²) in [5.41, 5.74) is 5.54. The summed E-state index contributed by atoms with van der Waals surface area (Å²) in [5.74, 6) is 0.0322. The van der Waals surface area contributed by atoms with Crippen LogP contribution in [0.4, 0.5) is 11.4 Å². The summed E-state index contributed by atoms with van der Waals surface area (Å²) in [5, 5.41) is 7.19. The molecule has 0 radical (unpaired) electrons. The van der Waals surface area contributed by atoms with Crippen LogP contribution in [0.5, 0.6) is 0 Å². The standard InChI is InChI=1S/C23H30N4OS/c1-4-19-9-5-6-10-21(19)25-23(29)27-14-12-26(13-15-27)16-22(28)24-20-11-7-8-17(2)18(20)3/h5-11H,4,12-16H2,1-3H3,(H,24,28)(H,25,29). The van der Waals surface area contributed by atoms with Crippen LogP contribution in [0, 0.1) is 13.8 Å². The molecule has 29 heavy (non-hydrogen) atoms. The zero-order valence-electron chi connectivity index (χ0n) is 17.5. The summed E-state index contributed by atoms with van der Waals surface area (Å²) in [6.07, 6.45) is 0.967. The highest BCUT2D eigenvalue weighted by Crippen LogP contribution is 2.18. The van der Waals surface area contributed by atoms with Crippen LogP contribution >= 0.6 is 12.2 Å². The van der Waals surface area contributed by atoms with Crippen molar-refractivity contribution in [2.24, 2.45) is 0 Å². The van der Waals surface area contributed by atoms with Crippen LogP contribution in [0.3, 0.4) is 0 Å². The first-order chi connectivity index (χ1) is 14.0. The molecular formula is C23H30N4OS. The van der Waals surface area contributed by atoms with Gasteiger partial charge in [-0.2, -0.15) is 0 Å². The molecule has 0 aromatic heterocycles. The van der Waals surface area contributed by atoms with Crippen molar-refractivity contribution >= 4 is 34.6 Å². The number of benzene rings is 2. The number of carbonyl (C=O) groups excluding carboxylic acids is 1. The largest absolute Gasteiger partial charge is 0.346 e. The fourth-order valence-corrected chi connectivity index (χ4v) is 3.83. The fourth-order valence-electron chi connectivity index (χ4n) is 3.53. The molecular weight excluding hydrogens is 380 g/mol. The number of aryl methyl sites for hydroxylation is 2. The molecule has 3 rings (SSSR count). The number of amides is 1. The van der Waals surface area contributed by atoms with Crippen molar-refractivity contribution in [1.29, 1.82) is 0 Å². The zero-order valence-corrected chi connectivity index (χ0v) is 18.3. The molecule has 0 spiro atoms. The Labute approximate surface area is 179 Å². The van der Waals surface area contributed by atoms with Gasteiger partial charge in [-0.15, -0.1) is 0 Å². The van der Waals surface area contributed by atoms with Gasteiger partial charge < -0.3 is 15.5 Å². The Morgan fingerprint density at radius 1 is 0.966 bits per heavy atom. The first-order valence-electron chi connectivity index (χ1n) is 10.2. The number of hydrogen-bond donors (Lipinski definition) is 2. The maximum Gasteiger partial charge on any atom is 0.238 e. The highest BCUT2D eigenvalue weighted by molar-refractivity contribution is 7.80. The Morgan fingerprint density at radius 3 is 2.38 bits per heavy atom. The molecule has 1 saturated heterocycles. The molecule has 1 aliphatic rings. The van der Waals surface area contributed by atoms with Crippen LogP contribution in [0.1, 0.15) is 23.6 Å². The maximum absolute atomic E-state index is 12.5. The number of para-hydroxylation sites is 1.